The highest BCUT2D eigenvalue weighted by atomic mass is 16.5. The van der Waals surface area contributed by atoms with Crippen LogP contribution >= 0.6 is 0 Å². The van der Waals surface area contributed by atoms with E-state index in [1.165, 1.54) is 44.6 Å². The second kappa shape index (κ2) is 9.12. The van der Waals surface area contributed by atoms with Gasteiger partial charge in [-0.05, 0) is 18.2 Å². The van der Waals surface area contributed by atoms with Crippen molar-refractivity contribution in [2.45, 2.75) is 30.5 Å². The molecule has 1 aromatic heterocycles. The van der Waals surface area contributed by atoms with Gasteiger partial charge in [-0.1, -0.05) is 0 Å². The number of ether oxygens (including phenoxy) is 3. The summed E-state index contributed by atoms with van der Waals surface area (Å²) in [6, 6.07) is 6.40. The van der Waals surface area contributed by atoms with Crippen LogP contribution in [-0.2, 0) is 4.74 Å². The summed E-state index contributed by atoms with van der Waals surface area (Å²) in [5.74, 6) is -0.597. The van der Waals surface area contributed by atoms with Crippen LogP contribution in [0.1, 0.15) is 11.7 Å². The summed E-state index contributed by atoms with van der Waals surface area (Å²) < 4.78 is 22.5. The van der Waals surface area contributed by atoms with Gasteiger partial charge >= 0.3 is 0 Å². The Bertz CT molecular complexity index is 1270. The maximum absolute atomic E-state index is 13.1. The number of hydrogen-bond acceptors (Lipinski definition) is 11. The van der Waals surface area contributed by atoms with Crippen LogP contribution in [0.4, 0.5) is 0 Å². The van der Waals surface area contributed by atoms with Crippen molar-refractivity contribution < 1.29 is 49.3 Å². The van der Waals surface area contributed by atoms with Gasteiger partial charge in [-0.2, -0.15) is 0 Å². The SMILES string of the molecule is COc1cc(OC)c2c(=O)cc(-c3ccc(O)c(O)c3)oc2c1C1OC(CO)C(O)C(O)C1O. The molecule has 1 fully saturated rings. The highest BCUT2D eigenvalue weighted by Crippen LogP contribution is 2.44. The van der Waals surface area contributed by atoms with Gasteiger partial charge in [0.05, 0.1) is 26.4 Å². The lowest BCUT2D eigenvalue weighted by atomic mass is 9.89. The molecule has 0 saturated carbocycles. The summed E-state index contributed by atoms with van der Waals surface area (Å²) >= 11 is 0. The summed E-state index contributed by atoms with van der Waals surface area (Å²) in [4.78, 5) is 13.1. The quantitative estimate of drug-likeness (QED) is 0.281. The Hall–Kier alpha value is -3.35. The van der Waals surface area contributed by atoms with E-state index in [2.05, 4.69) is 0 Å². The number of phenols is 2. The maximum atomic E-state index is 13.1. The Balaban J connectivity index is 2.02. The van der Waals surface area contributed by atoms with Crippen molar-refractivity contribution in [3.63, 3.8) is 0 Å². The predicted octanol–water partition coefficient (Wildman–Crippen LogP) is 0.403. The van der Waals surface area contributed by atoms with E-state index in [1.807, 2.05) is 0 Å². The fraction of sp³-hybridized carbons (Fsp3) is 0.348. The van der Waals surface area contributed by atoms with Crippen LogP contribution in [0.25, 0.3) is 22.3 Å². The molecule has 4 rings (SSSR count). The Kier molecular flexibility index (Phi) is 6.39. The van der Waals surface area contributed by atoms with Crippen LogP contribution in [-0.4, -0.2) is 75.9 Å². The number of aromatic hydroxyl groups is 2. The molecule has 6 N–H and O–H groups in total. The predicted molar refractivity (Wildman–Crippen MR) is 117 cm³/mol. The minimum atomic E-state index is -1.68. The van der Waals surface area contributed by atoms with Gasteiger partial charge in [0, 0.05) is 17.7 Å². The third-order valence-electron chi connectivity index (χ3n) is 5.84. The standard InChI is InChI=1S/C23H24O11/c1-31-14-7-15(32-2)18(23-21(30)20(29)19(28)16(8-24)34-23)22-17(14)12(27)6-13(33-22)9-3-4-10(25)11(26)5-9/h3-7,16,19-21,23-26,28-30H,8H2,1-2H3. The summed E-state index contributed by atoms with van der Waals surface area (Å²) in [6.07, 6.45) is -7.52. The van der Waals surface area contributed by atoms with Gasteiger partial charge in [0.1, 0.15) is 53.2 Å². The van der Waals surface area contributed by atoms with Crippen molar-refractivity contribution >= 4 is 11.0 Å². The van der Waals surface area contributed by atoms with Gasteiger partial charge in [-0.15, -0.1) is 0 Å². The zero-order valence-corrected chi connectivity index (χ0v) is 18.2. The molecule has 3 aromatic rings. The molecule has 11 nitrogen and oxygen atoms in total. The average molecular weight is 476 g/mol. The molecule has 1 aliphatic heterocycles. The van der Waals surface area contributed by atoms with Crippen LogP contribution in [0, 0.1) is 0 Å². The van der Waals surface area contributed by atoms with Gasteiger partial charge in [0.15, 0.2) is 22.5 Å². The topological polar surface area (TPSA) is 179 Å². The number of aliphatic hydroxyl groups is 4. The van der Waals surface area contributed by atoms with E-state index in [0.717, 1.165) is 0 Å². The first-order valence-corrected chi connectivity index (χ1v) is 10.3. The van der Waals surface area contributed by atoms with Crippen molar-refractivity contribution in [1.82, 2.24) is 0 Å². The number of benzene rings is 2. The molecule has 2 aromatic carbocycles. The van der Waals surface area contributed by atoms with Gasteiger partial charge in [-0.25, -0.2) is 0 Å². The second-order valence-electron chi connectivity index (χ2n) is 7.83. The number of fused-ring (bicyclic) bond motifs is 1. The molecular weight excluding hydrogens is 452 g/mol. The second-order valence-corrected chi connectivity index (χ2v) is 7.83. The first kappa shape index (κ1) is 23.8. The Morgan fingerprint density at radius 3 is 2.24 bits per heavy atom. The van der Waals surface area contributed by atoms with Crippen molar-refractivity contribution in [1.29, 1.82) is 0 Å². The van der Waals surface area contributed by atoms with Crippen molar-refractivity contribution in [3.05, 3.63) is 46.1 Å². The molecule has 1 aliphatic rings. The number of methoxy groups -OCH3 is 2. The van der Waals surface area contributed by atoms with Gasteiger partial charge in [0.2, 0.25) is 0 Å². The molecule has 182 valence electrons. The molecule has 0 aliphatic carbocycles. The fourth-order valence-corrected chi connectivity index (χ4v) is 4.06. The van der Waals surface area contributed by atoms with Crippen LogP contribution < -0.4 is 14.9 Å². The minimum absolute atomic E-state index is 0.00828. The van der Waals surface area contributed by atoms with E-state index < -0.39 is 48.3 Å². The van der Waals surface area contributed by atoms with E-state index in [4.69, 9.17) is 18.6 Å². The molecular formula is C23H24O11. The number of hydrogen-bond donors (Lipinski definition) is 6. The van der Waals surface area contributed by atoms with Gasteiger partial charge < -0.3 is 49.3 Å². The third kappa shape index (κ3) is 3.83. The zero-order valence-electron chi connectivity index (χ0n) is 18.2. The molecule has 11 heteroatoms. The third-order valence-corrected chi connectivity index (χ3v) is 5.84. The highest BCUT2D eigenvalue weighted by molar-refractivity contribution is 5.90. The molecule has 5 unspecified atom stereocenters. The molecule has 0 amide bonds. The van der Waals surface area contributed by atoms with Crippen LogP contribution in [0.2, 0.25) is 0 Å². The zero-order chi connectivity index (χ0) is 24.7. The summed E-state index contributed by atoms with van der Waals surface area (Å²) in [5.41, 5.74) is -0.335. The van der Waals surface area contributed by atoms with E-state index in [-0.39, 0.29) is 45.1 Å². The lowest BCUT2D eigenvalue weighted by Crippen LogP contribution is -2.55. The van der Waals surface area contributed by atoms with E-state index in [9.17, 15) is 35.4 Å². The number of phenolic OH excluding ortho intramolecular Hbond substituents is 2. The van der Waals surface area contributed by atoms with Crippen LogP contribution in [0.5, 0.6) is 23.0 Å². The molecule has 5 atom stereocenters. The van der Waals surface area contributed by atoms with E-state index >= 15 is 0 Å². The van der Waals surface area contributed by atoms with Crippen LogP contribution in [0.15, 0.2) is 39.5 Å². The summed E-state index contributed by atoms with van der Waals surface area (Å²) in [6.45, 7) is -0.653. The fourth-order valence-electron chi connectivity index (χ4n) is 4.06. The highest BCUT2D eigenvalue weighted by Gasteiger charge is 2.46. The first-order chi connectivity index (χ1) is 16.2. The van der Waals surface area contributed by atoms with Crippen molar-refractivity contribution in [2.24, 2.45) is 0 Å². The van der Waals surface area contributed by atoms with Crippen LogP contribution in [0.3, 0.4) is 0 Å². The van der Waals surface area contributed by atoms with E-state index in [0.29, 0.717) is 0 Å². The summed E-state index contributed by atoms with van der Waals surface area (Å²) in [7, 11) is 2.67. The van der Waals surface area contributed by atoms with E-state index in [1.54, 1.807) is 0 Å². The summed E-state index contributed by atoms with van der Waals surface area (Å²) in [5, 5.41) is 60.3. The Morgan fingerprint density at radius 1 is 0.912 bits per heavy atom. The molecule has 1 saturated heterocycles. The molecule has 34 heavy (non-hydrogen) atoms. The lowest BCUT2D eigenvalue weighted by molar-refractivity contribution is -0.231. The molecule has 0 spiro atoms. The van der Waals surface area contributed by atoms with Gasteiger partial charge in [0.25, 0.3) is 0 Å². The first-order valence-electron chi connectivity index (χ1n) is 10.3. The van der Waals surface area contributed by atoms with Crippen molar-refractivity contribution in [3.8, 4) is 34.3 Å². The minimum Gasteiger partial charge on any atom is -0.504 e. The number of rotatable bonds is 5. The number of aliphatic hydroxyl groups excluding tert-OH is 4. The average Bonchev–Trinajstić information content (AvgIpc) is 2.83. The maximum Gasteiger partial charge on any atom is 0.197 e. The Labute approximate surface area is 192 Å². The smallest absolute Gasteiger partial charge is 0.197 e. The Morgan fingerprint density at radius 2 is 1.62 bits per heavy atom. The molecule has 0 bridgehead atoms. The van der Waals surface area contributed by atoms with Gasteiger partial charge in [-0.3, -0.25) is 4.79 Å². The largest absolute Gasteiger partial charge is 0.504 e. The molecule has 2 heterocycles. The lowest BCUT2D eigenvalue weighted by Gasteiger charge is -2.40. The van der Waals surface area contributed by atoms with Crippen molar-refractivity contribution in [2.75, 3.05) is 20.8 Å². The monoisotopic (exact) mass is 476 g/mol. The molecule has 0 radical (unpaired) electrons. The normalized spacial score (nSPS) is 24.8.